The monoisotopic (exact) mass is 241 g/mol. The van der Waals surface area contributed by atoms with E-state index in [9.17, 15) is 0 Å². The van der Waals surface area contributed by atoms with E-state index in [-0.39, 0.29) is 0 Å². The molecule has 0 saturated carbocycles. The fraction of sp³-hybridized carbons (Fsp3) is 0.750. The summed E-state index contributed by atoms with van der Waals surface area (Å²) in [5, 5.41) is 0. The van der Waals surface area contributed by atoms with E-state index in [4.69, 9.17) is 4.43 Å². The quantitative estimate of drug-likeness (QED) is 0.424. The van der Waals surface area contributed by atoms with E-state index in [1.54, 1.807) is 0 Å². The van der Waals surface area contributed by atoms with E-state index in [0.717, 1.165) is 19.6 Å². The summed E-state index contributed by atoms with van der Waals surface area (Å²) in [5.74, 6) is 1.31. The second-order valence-corrected chi connectivity index (χ2v) is 9.83. The summed E-state index contributed by atoms with van der Waals surface area (Å²) in [6.45, 7) is 10.9. The second kappa shape index (κ2) is 5.64. The van der Waals surface area contributed by atoms with Gasteiger partial charge in [0.25, 0.3) is 5.82 Å². The summed E-state index contributed by atoms with van der Waals surface area (Å²) in [6, 6.07) is 0. The maximum atomic E-state index is 5.83. The van der Waals surface area contributed by atoms with Crippen LogP contribution in [-0.2, 0) is 18.0 Å². The van der Waals surface area contributed by atoms with Crippen molar-refractivity contribution < 1.29 is 8.99 Å². The summed E-state index contributed by atoms with van der Waals surface area (Å²) in [5.41, 5.74) is 0. The lowest BCUT2D eigenvalue weighted by atomic mass is 10.3. The van der Waals surface area contributed by atoms with Crippen LogP contribution >= 0.6 is 0 Å². The Balaban J connectivity index is 2.19. The molecule has 92 valence electrons. The third kappa shape index (κ3) is 4.49. The number of hydrogen-bond donors (Lipinski definition) is 0. The molecule has 0 radical (unpaired) electrons. The zero-order valence-electron chi connectivity index (χ0n) is 11.3. The van der Waals surface area contributed by atoms with Gasteiger partial charge in [0.1, 0.15) is 12.4 Å². The minimum Gasteiger partial charge on any atom is -0.418 e. The van der Waals surface area contributed by atoms with E-state index < -0.39 is 8.32 Å². The van der Waals surface area contributed by atoms with Crippen LogP contribution in [-0.4, -0.2) is 19.5 Å². The van der Waals surface area contributed by atoms with Crippen molar-refractivity contribution in [1.82, 2.24) is 4.57 Å². The molecule has 1 aromatic heterocycles. The average molecular weight is 241 g/mol. The largest absolute Gasteiger partial charge is 0.418 e. The van der Waals surface area contributed by atoms with Crippen LogP contribution in [0.15, 0.2) is 12.4 Å². The molecule has 0 spiro atoms. The fourth-order valence-corrected chi connectivity index (χ4v) is 2.35. The number of aromatic nitrogens is 2. The summed E-state index contributed by atoms with van der Waals surface area (Å²) in [4.78, 5) is 0. The lowest BCUT2D eigenvalue weighted by molar-refractivity contribution is -0.677. The molecule has 4 heteroatoms. The highest BCUT2D eigenvalue weighted by atomic mass is 28.4. The van der Waals surface area contributed by atoms with E-state index >= 15 is 0 Å². The number of nitrogens with zero attached hydrogens (tertiary/aromatic N) is 2. The molecule has 0 atom stereocenters. The highest BCUT2D eigenvalue weighted by Gasteiger charge is 2.13. The Kier molecular flexibility index (Phi) is 4.74. The van der Waals surface area contributed by atoms with Gasteiger partial charge < -0.3 is 4.43 Å². The van der Waals surface area contributed by atoms with E-state index in [0.29, 0.717) is 0 Å². The zero-order chi connectivity index (χ0) is 12.2. The predicted molar refractivity (Wildman–Crippen MR) is 68.9 cm³/mol. The summed E-state index contributed by atoms with van der Waals surface area (Å²) < 4.78 is 10.3. The van der Waals surface area contributed by atoms with Gasteiger partial charge >= 0.3 is 0 Å². The molecule has 0 fully saturated rings. The van der Waals surface area contributed by atoms with Crippen molar-refractivity contribution in [3.8, 4) is 0 Å². The lowest BCUT2D eigenvalue weighted by Gasteiger charge is -2.16. The highest BCUT2D eigenvalue weighted by molar-refractivity contribution is 6.69. The molecule has 0 saturated heterocycles. The van der Waals surface area contributed by atoms with Gasteiger partial charge in [0.05, 0.1) is 13.6 Å². The predicted octanol–water partition coefficient (Wildman–Crippen LogP) is 2.25. The molecule has 0 N–H and O–H groups in total. The van der Waals surface area contributed by atoms with Gasteiger partial charge in [0, 0.05) is 13.5 Å². The van der Waals surface area contributed by atoms with Gasteiger partial charge in [-0.3, -0.25) is 0 Å². The average Bonchev–Trinajstić information content (AvgIpc) is 2.47. The lowest BCUT2D eigenvalue weighted by Crippen LogP contribution is -2.29. The molecule has 1 aromatic rings. The van der Waals surface area contributed by atoms with E-state index in [2.05, 4.69) is 55.1 Å². The molecule has 1 heterocycles. The Labute approximate surface area is 100 Å². The molecule has 0 amide bonds. The summed E-state index contributed by atoms with van der Waals surface area (Å²) in [7, 11) is 0.779. The van der Waals surface area contributed by atoms with Crippen LogP contribution in [0.3, 0.4) is 0 Å². The topological polar surface area (TPSA) is 18.0 Å². The number of hydrogen-bond acceptors (Lipinski definition) is 1. The third-order valence-electron chi connectivity index (χ3n) is 2.72. The van der Waals surface area contributed by atoms with Crippen molar-refractivity contribution in [1.29, 1.82) is 0 Å². The fourth-order valence-electron chi connectivity index (χ4n) is 1.60. The Hall–Kier alpha value is -0.613. The van der Waals surface area contributed by atoms with E-state index in [1.807, 2.05) is 0 Å². The van der Waals surface area contributed by atoms with Gasteiger partial charge in [-0.15, -0.1) is 0 Å². The Morgan fingerprint density at radius 2 is 2.00 bits per heavy atom. The van der Waals surface area contributed by atoms with Crippen LogP contribution in [0, 0.1) is 6.92 Å². The van der Waals surface area contributed by atoms with Gasteiger partial charge in [0.2, 0.25) is 0 Å². The van der Waals surface area contributed by atoms with Gasteiger partial charge in [-0.25, -0.2) is 9.13 Å². The first-order valence-electron chi connectivity index (χ1n) is 6.05. The number of aryl methyl sites for hydroxylation is 2. The number of imidazole rings is 1. The maximum Gasteiger partial charge on any atom is 0.253 e. The summed E-state index contributed by atoms with van der Waals surface area (Å²) >= 11 is 0. The molecule has 1 rings (SSSR count). The molecule has 0 unspecified atom stereocenters. The van der Waals surface area contributed by atoms with Crippen LogP contribution in [0.25, 0.3) is 0 Å². The van der Waals surface area contributed by atoms with Crippen molar-refractivity contribution in [2.45, 2.75) is 46.0 Å². The number of rotatable bonds is 6. The third-order valence-corrected chi connectivity index (χ3v) is 3.79. The zero-order valence-corrected chi connectivity index (χ0v) is 12.3. The first-order valence-corrected chi connectivity index (χ1v) is 9.46. The first-order chi connectivity index (χ1) is 7.40. The Bertz CT molecular complexity index is 328. The van der Waals surface area contributed by atoms with Gasteiger partial charge in [-0.2, -0.15) is 0 Å². The molecular formula is C12H25N2OSi+. The van der Waals surface area contributed by atoms with Crippen molar-refractivity contribution in [3.05, 3.63) is 18.2 Å². The molecule has 0 aliphatic rings. The molecule has 0 aliphatic heterocycles. The van der Waals surface area contributed by atoms with Crippen LogP contribution in [0.5, 0.6) is 0 Å². The SMILES string of the molecule is Cc1n(CCCCO[Si](C)(C)C)cc[n+]1C. The van der Waals surface area contributed by atoms with Gasteiger partial charge in [0.15, 0.2) is 8.32 Å². The normalized spacial score (nSPS) is 12.1. The first kappa shape index (κ1) is 13.5. The molecule has 0 bridgehead atoms. The van der Waals surface area contributed by atoms with Crippen LogP contribution in [0.2, 0.25) is 19.6 Å². The molecule has 0 aliphatic carbocycles. The maximum absolute atomic E-state index is 5.83. The minimum atomic E-state index is -1.30. The second-order valence-electron chi connectivity index (χ2n) is 5.32. The van der Waals surface area contributed by atoms with Crippen molar-refractivity contribution in [2.75, 3.05) is 6.61 Å². The van der Waals surface area contributed by atoms with Crippen LogP contribution in [0.4, 0.5) is 0 Å². The van der Waals surface area contributed by atoms with Crippen molar-refractivity contribution in [2.24, 2.45) is 7.05 Å². The molecule has 0 aromatic carbocycles. The van der Waals surface area contributed by atoms with Gasteiger partial charge in [-0.1, -0.05) is 0 Å². The standard InChI is InChI=1S/C12H25N2OSi/c1-12-13(2)9-10-14(12)8-6-7-11-15-16(3,4)5/h9-10H,6-8,11H2,1-5H3/q+1. The van der Waals surface area contributed by atoms with Gasteiger partial charge in [-0.05, 0) is 32.5 Å². The molecular weight excluding hydrogens is 216 g/mol. The molecule has 16 heavy (non-hydrogen) atoms. The van der Waals surface area contributed by atoms with E-state index in [1.165, 1.54) is 12.2 Å². The summed E-state index contributed by atoms with van der Waals surface area (Å²) in [6.07, 6.45) is 6.61. The van der Waals surface area contributed by atoms with Crippen LogP contribution in [0.1, 0.15) is 18.7 Å². The highest BCUT2D eigenvalue weighted by Crippen LogP contribution is 2.05. The minimum absolute atomic E-state index is 0.919. The van der Waals surface area contributed by atoms with Crippen molar-refractivity contribution in [3.63, 3.8) is 0 Å². The van der Waals surface area contributed by atoms with Crippen LogP contribution < -0.4 is 4.57 Å². The smallest absolute Gasteiger partial charge is 0.253 e. The molecule has 3 nitrogen and oxygen atoms in total. The Morgan fingerprint density at radius 3 is 2.50 bits per heavy atom. The number of unbranched alkanes of at least 4 members (excludes halogenated alkanes) is 1. The Morgan fingerprint density at radius 1 is 1.31 bits per heavy atom. The van der Waals surface area contributed by atoms with Crippen molar-refractivity contribution >= 4 is 8.32 Å².